The summed E-state index contributed by atoms with van der Waals surface area (Å²) < 4.78 is 27.3. The summed E-state index contributed by atoms with van der Waals surface area (Å²) in [6.45, 7) is 0.620. The van der Waals surface area contributed by atoms with Gasteiger partial charge in [-0.25, -0.2) is 8.42 Å². The number of nitrogens with zero attached hydrogens (tertiary/aromatic N) is 1. The van der Waals surface area contributed by atoms with E-state index in [1.165, 1.54) is 0 Å². The van der Waals surface area contributed by atoms with E-state index in [2.05, 4.69) is 31.9 Å². The molecule has 1 aromatic carbocycles. The van der Waals surface area contributed by atoms with Gasteiger partial charge in [0, 0.05) is 22.4 Å². The smallest absolute Gasteiger partial charge is 0.207 e. The van der Waals surface area contributed by atoms with Gasteiger partial charge in [-0.05, 0) is 37.1 Å². The Hall–Kier alpha value is 0.0900. The van der Waals surface area contributed by atoms with Crippen LogP contribution in [-0.2, 0) is 10.0 Å². The molecule has 6 heteroatoms. The summed E-state index contributed by atoms with van der Waals surface area (Å²) in [5.41, 5.74) is 0. The lowest BCUT2D eigenvalue weighted by Crippen LogP contribution is -2.36. The van der Waals surface area contributed by atoms with E-state index in [-0.39, 0.29) is 6.04 Å². The summed E-state index contributed by atoms with van der Waals surface area (Å²) in [5, 5.41) is 0.697. The largest absolute Gasteiger partial charge is 0.243 e. The fourth-order valence-electron chi connectivity index (χ4n) is 2.02. The van der Waals surface area contributed by atoms with E-state index >= 15 is 0 Å². The molecule has 1 aliphatic heterocycles. The Morgan fingerprint density at radius 2 is 1.94 bits per heavy atom. The molecule has 0 aromatic heterocycles. The molecule has 0 spiro atoms. The van der Waals surface area contributed by atoms with Crippen LogP contribution in [0.2, 0.25) is 0 Å². The molecule has 1 atom stereocenters. The highest BCUT2D eigenvalue weighted by molar-refractivity contribution is 9.10. The second-order valence-electron chi connectivity index (χ2n) is 4.02. The SMILES string of the molecule is O=S(=O)(c1ccc(Br)cc1)N1CCCC1CBr. The van der Waals surface area contributed by atoms with Crippen LogP contribution < -0.4 is 0 Å². The molecule has 0 bridgehead atoms. The van der Waals surface area contributed by atoms with Crippen LogP contribution in [0.1, 0.15) is 12.8 Å². The standard InChI is InChI=1S/C11H13Br2NO2S/c12-8-10-2-1-7-14(10)17(15,16)11-5-3-9(13)4-6-11/h3-6,10H,1-2,7-8H2. The Morgan fingerprint density at radius 3 is 2.53 bits per heavy atom. The van der Waals surface area contributed by atoms with E-state index in [4.69, 9.17) is 0 Å². The topological polar surface area (TPSA) is 37.4 Å². The van der Waals surface area contributed by atoms with Gasteiger partial charge in [-0.2, -0.15) is 4.31 Å². The van der Waals surface area contributed by atoms with Gasteiger partial charge in [-0.3, -0.25) is 0 Å². The summed E-state index contributed by atoms with van der Waals surface area (Å²) in [7, 11) is -3.33. The predicted molar refractivity (Wildman–Crippen MR) is 74.8 cm³/mol. The molecule has 1 fully saturated rings. The molecule has 1 aromatic rings. The quantitative estimate of drug-likeness (QED) is 0.753. The molecule has 1 saturated heterocycles. The first-order chi connectivity index (χ1) is 8.05. The van der Waals surface area contributed by atoms with Crippen molar-refractivity contribution in [1.82, 2.24) is 4.31 Å². The molecule has 0 N–H and O–H groups in total. The molecule has 0 aliphatic carbocycles. The van der Waals surface area contributed by atoms with Gasteiger partial charge >= 0.3 is 0 Å². The lowest BCUT2D eigenvalue weighted by Gasteiger charge is -2.22. The van der Waals surface area contributed by atoms with Crippen LogP contribution in [0.25, 0.3) is 0 Å². The van der Waals surface area contributed by atoms with E-state index in [0.29, 0.717) is 16.8 Å². The third-order valence-electron chi connectivity index (χ3n) is 2.92. The molecule has 1 heterocycles. The Morgan fingerprint density at radius 1 is 1.29 bits per heavy atom. The average molecular weight is 383 g/mol. The van der Waals surface area contributed by atoms with Crippen LogP contribution in [-0.4, -0.2) is 30.6 Å². The number of halogens is 2. The zero-order chi connectivity index (χ0) is 12.5. The van der Waals surface area contributed by atoms with Gasteiger partial charge in [0.25, 0.3) is 0 Å². The number of benzene rings is 1. The Kier molecular flexibility index (Phi) is 4.28. The maximum atomic E-state index is 12.4. The first kappa shape index (κ1) is 13.5. The van der Waals surface area contributed by atoms with Gasteiger partial charge < -0.3 is 0 Å². The number of sulfonamides is 1. The fraction of sp³-hybridized carbons (Fsp3) is 0.455. The summed E-state index contributed by atoms with van der Waals surface area (Å²) in [4.78, 5) is 0.369. The summed E-state index contributed by atoms with van der Waals surface area (Å²) in [6.07, 6.45) is 1.87. The Bertz CT molecular complexity index is 487. The lowest BCUT2D eigenvalue weighted by atomic mass is 10.3. The van der Waals surface area contributed by atoms with Crippen molar-refractivity contribution >= 4 is 41.9 Å². The Labute approximate surface area is 119 Å². The monoisotopic (exact) mass is 381 g/mol. The van der Waals surface area contributed by atoms with Gasteiger partial charge in [-0.15, -0.1) is 0 Å². The first-order valence-electron chi connectivity index (χ1n) is 5.39. The van der Waals surface area contributed by atoms with E-state index in [9.17, 15) is 8.42 Å². The van der Waals surface area contributed by atoms with Crippen LogP contribution in [0.15, 0.2) is 33.6 Å². The van der Waals surface area contributed by atoms with Crippen molar-refractivity contribution in [3.8, 4) is 0 Å². The van der Waals surface area contributed by atoms with Crippen LogP contribution in [0.5, 0.6) is 0 Å². The number of hydrogen-bond donors (Lipinski definition) is 0. The lowest BCUT2D eigenvalue weighted by molar-refractivity contribution is 0.413. The molecule has 17 heavy (non-hydrogen) atoms. The number of hydrogen-bond acceptors (Lipinski definition) is 2. The number of rotatable bonds is 3. The average Bonchev–Trinajstić information content (AvgIpc) is 2.78. The van der Waals surface area contributed by atoms with Crippen molar-refractivity contribution in [3.05, 3.63) is 28.7 Å². The van der Waals surface area contributed by atoms with Gasteiger partial charge in [0.1, 0.15) is 0 Å². The molecule has 3 nitrogen and oxygen atoms in total. The zero-order valence-electron chi connectivity index (χ0n) is 9.14. The van der Waals surface area contributed by atoms with E-state index < -0.39 is 10.0 Å². The van der Waals surface area contributed by atoms with E-state index in [1.54, 1.807) is 28.6 Å². The van der Waals surface area contributed by atoms with Crippen LogP contribution in [0.3, 0.4) is 0 Å². The van der Waals surface area contributed by atoms with Crippen molar-refractivity contribution in [2.24, 2.45) is 0 Å². The maximum absolute atomic E-state index is 12.4. The molecule has 0 saturated carbocycles. The normalized spacial score (nSPS) is 21.9. The molecular weight excluding hydrogens is 370 g/mol. The molecule has 1 unspecified atom stereocenters. The van der Waals surface area contributed by atoms with Crippen LogP contribution in [0.4, 0.5) is 0 Å². The third kappa shape index (κ3) is 2.75. The van der Waals surface area contributed by atoms with Crippen molar-refractivity contribution in [1.29, 1.82) is 0 Å². The third-order valence-corrected chi connectivity index (χ3v) is 6.16. The minimum Gasteiger partial charge on any atom is -0.207 e. The summed E-state index contributed by atoms with van der Waals surface area (Å²) in [6, 6.07) is 6.88. The highest BCUT2D eigenvalue weighted by Crippen LogP contribution is 2.27. The predicted octanol–water partition coefficient (Wildman–Crippen LogP) is 3.00. The molecular formula is C11H13Br2NO2S. The molecule has 2 rings (SSSR count). The number of alkyl halides is 1. The fourth-order valence-corrected chi connectivity index (χ4v) is 4.84. The van der Waals surface area contributed by atoms with Crippen molar-refractivity contribution in [2.45, 2.75) is 23.8 Å². The molecule has 0 amide bonds. The minimum atomic E-state index is -3.33. The summed E-state index contributed by atoms with van der Waals surface area (Å²) in [5.74, 6) is 0. The highest BCUT2D eigenvalue weighted by Gasteiger charge is 2.34. The zero-order valence-corrected chi connectivity index (χ0v) is 13.1. The minimum absolute atomic E-state index is 0.0867. The summed E-state index contributed by atoms with van der Waals surface area (Å²) >= 11 is 6.68. The van der Waals surface area contributed by atoms with E-state index in [1.807, 2.05) is 0 Å². The van der Waals surface area contributed by atoms with Crippen LogP contribution in [0, 0.1) is 0 Å². The maximum Gasteiger partial charge on any atom is 0.243 e. The Balaban J connectivity index is 2.33. The van der Waals surface area contributed by atoms with Gasteiger partial charge in [0.2, 0.25) is 10.0 Å². The molecule has 94 valence electrons. The van der Waals surface area contributed by atoms with Gasteiger partial charge in [-0.1, -0.05) is 31.9 Å². The second kappa shape index (κ2) is 5.38. The van der Waals surface area contributed by atoms with Crippen molar-refractivity contribution in [2.75, 3.05) is 11.9 Å². The first-order valence-corrected chi connectivity index (χ1v) is 8.74. The van der Waals surface area contributed by atoms with Crippen LogP contribution >= 0.6 is 31.9 Å². The van der Waals surface area contributed by atoms with Gasteiger partial charge in [0.05, 0.1) is 4.90 Å². The van der Waals surface area contributed by atoms with Gasteiger partial charge in [0.15, 0.2) is 0 Å². The van der Waals surface area contributed by atoms with E-state index in [0.717, 1.165) is 17.3 Å². The van der Waals surface area contributed by atoms with Crippen molar-refractivity contribution in [3.63, 3.8) is 0 Å². The van der Waals surface area contributed by atoms with Crippen molar-refractivity contribution < 1.29 is 8.42 Å². The highest BCUT2D eigenvalue weighted by atomic mass is 79.9. The molecule has 1 aliphatic rings. The second-order valence-corrected chi connectivity index (χ2v) is 7.47. The molecule has 0 radical (unpaired) electrons.